The summed E-state index contributed by atoms with van der Waals surface area (Å²) in [5.74, 6) is 1.55. The maximum Gasteiger partial charge on any atom is 0.149 e. The van der Waals surface area contributed by atoms with Crippen molar-refractivity contribution >= 4 is 17.2 Å². The van der Waals surface area contributed by atoms with Crippen LogP contribution >= 0.6 is 0 Å². The van der Waals surface area contributed by atoms with E-state index in [1.54, 1.807) is 0 Å². The van der Waals surface area contributed by atoms with Crippen molar-refractivity contribution in [2.24, 2.45) is 11.8 Å². The van der Waals surface area contributed by atoms with Crippen molar-refractivity contribution in [3.8, 4) is 0 Å². The Bertz CT molecular complexity index is 866. The quantitative estimate of drug-likeness (QED) is 0.820. The van der Waals surface area contributed by atoms with Crippen molar-refractivity contribution < 1.29 is 9.53 Å². The van der Waals surface area contributed by atoms with E-state index in [1.165, 1.54) is 22.2 Å². The van der Waals surface area contributed by atoms with Crippen LogP contribution in [0.1, 0.15) is 30.6 Å². The number of hydrogen-bond donors (Lipinski definition) is 1. The van der Waals surface area contributed by atoms with Crippen LogP contribution in [0.2, 0.25) is 0 Å². The molecule has 24 heavy (non-hydrogen) atoms. The molecule has 0 radical (unpaired) electrons. The smallest absolute Gasteiger partial charge is 0.149 e. The van der Waals surface area contributed by atoms with Gasteiger partial charge >= 0.3 is 0 Å². The fourth-order valence-electron chi connectivity index (χ4n) is 5.25. The predicted molar refractivity (Wildman–Crippen MR) is 92.6 cm³/mol. The Morgan fingerprint density at radius 1 is 1.33 bits per heavy atom. The molecular formula is C20H22N2O2. The predicted octanol–water partition coefficient (Wildman–Crippen LogP) is 3.20. The third-order valence-corrected chi connectivity index (χ3v) is 6.52. The third kappa shape index (κ3) is 1.75. The first-order valence-electron chi connectivity index (χ1n) is 8.79. The number of allylic oxidation sites excluding steroid dienone is 2. The number of carbonyl (C=O) groups is 1. The molecule has 2 bridgehead atoms. The van der Waals surface area contributed by atoms with Crippen LogP contribution in [0.4, 0.5) is 0 Å². The second-order valence-corrected chi connectivity index (χ2v) is 7.46. The Labute approximate surface area is 141 Å². The molecule has 1 fully saturated rings. The average Bonchev–Trinajstić information content (AvgIpc) is 2.94. The zero-order valence-corrected chi connectivity index (χ0v) is 14.1. The lowest BCUT2D eigenvalue weighted by Crippen LogP contribution is -2.55. The van der Waals surface area contributed by atoms with Crippen molar-refractivity contribution in [3.05, 3.63) is 46.9 Å². The number of aromatic amines is 1. The monoisotopic (exact) mass is 322 g/mol. The summed E-state index contributed by atoms with van der Waals surface area (Å²) in [5.41, 5.74) is 4.93. The summed E-state index contributed by atoms with van der Waals surface area (Å²) < 4.78 is 5.86. The van der Waals surface area contributed by atoms with Crippen molar-refractivity contribution in [2.75, 3.05) is 13.7 Å². The normalized spacial score (nSPS) is 32.2. The van der Waals surface area contributed by atoms with E-state index in [0.717, 1.165) is 37.1 Å². The number of H-pyrrole nitrogens is 1. The number of carbonyl (C=O) groups excluding carboxylic acids is 1. The summed E-state index contributed by atoms with van der Waals surface area (Å²) in [5, 5.41) is 1.35. The van der Waals surface area contributed by atoms with Gasteiger partial charge in [0, 0.05) is 34.1 Å². The summed E-state index contributed by atoms with van der Waals surface area (Å²) in [6.07, 6.45) is 3.05. The first kappa shape index (κ1) is 14.3. The highest BCUT2D eigenvalue weighted by molar-refractivity contribution is 5.85. The first-order valence-corrected chi connectivity index (χ1v) is 8.79. The molecule has 1 aromatic heterocycles. The Kier molecular flexibility index (Phi) is 2.95. The molecule has 5 rings (SSSR count). The van der Waals surface area contributed by atoms with E-state index in [4.69, 9.17) is 4.74 Å². The molecule has 0 amide bonds. The summed E-state index contributed by atoms with van der Waals surface area (Å²) in [6.45, 7) is 2.66. The molecule has 1 N–H and O–H groups in total. The number of hydrogen-bond acceptors (Lipinski definition) is 3. The molecule has 0 saturated carbocycles. The maximum absolute atomic E-state index is 11.7. The van der Waals surface area contributed by atoms with Crippen LogP contribution in [0.5, 0.6) is 0 Å². The number of piperidine rings is 1. The van der Waals surface area contributed by atoms with E-state index >= 15 is 0 Å². The van der Waals surface area contributed by atoms with E-state index < -0.39 is 0 Å². The highest BCUT2D eigenvalue weighted by atomic mass is 16.5. The number of aldehydes is 1. The van der Waals surface area contributed by atoms with Gasteiger partial charge in [0.05, 0.1) is 18.4 Å². The number of nitrogens with one attached hydrogen (secondary N) is 1. The molecule has 1 saturated heterocycles. The zero-order chi connectivity index (χ0) is 16.4. The minimum Gasteiger partial charge on any atom is -0.497 e. The SMILES string of the molecule is CC1=C(C=O)[C@@H]2C[C@H]3c4[nH]c5ccccc5c4C[C@@H]([C@@H]2CO1)N3C. The number of benzene rings is 1. The van der Waals surface area contributed by atoms with Crippen LogP contribution in [0.25, 0.3) is 10.9 Å². The van der Waals surface area contributed by atoms with Crippen LogP contribution in [-0.4, -0.2) is 35.9 Å². The number of nitrogens with zero attached hydrogens (tertiary/aromatic N) is 1. The van der Waals surface area contributed by atoms with Gasteiger partial charge in [-0.25, -0.2) is 0 Å². The van der Waals surface area contributed by atoms with Crippen molar-refractivity contribution in [2.45, 2.75) is 31.8 Å². The van der Waals surface area contributed by atoms with Gasteiger partial charge < -0.3 is 9.72 Å². The fraction of sp³-hybridized carbons (Fsp3) is 0.450. The van der Waals surface area contributed by atoms with Gasteiger partial charge in [0.1, 0.15) is 6.29 Å². The van der Waals surface area contributed by atoms with Crippen LogP contribution in [-0.2, 0) is 16.0 Å². The Morgan fingerprint density at radius 3 is 3.00 bits per heavy atom. The van der Waals surface area contributed by atoms with Gasteiger partial charge in [-0.1, -0.05) is 18.2 Å². The topological polar surface area (TPSA) is 45.3 Å². The molecule has 4 atom stereocenters. The minimum atomic E-state index is 0.321. The highest BCUT2D eigenvalue weighted by Crippen LogP contribution is 2.50. The molecule has 4 heteroatoms. The summed E-state index contributed by atoms with van der Waals surface area (Å²) >= 11 is 0. The van der Waals surface area contributed by atoms with Gasteiger partial charge in [-0.2, -0.15) is 0 Å². The third-order valence-electron chi connectivity index (χ3n) is 6.52. The highest BCUT2D eigenvalue weighted by Gasteiger charge is 2.49. The van der Waals surface area contributed by atoms with Gasteiger partial charge in [0.25, 0.3) is 0 Å². The van der Waals surface area contributed by atoms with Gasteiger partial charge in [-0.15, -0.1) is 0 Å². The Hall–Kier alpha value is -2.07. The largest absolute Gasteiger partial charge is 0.497 e. The lowest BCUT2D eigenvalue weighted by Gasteiger charge is -2.52. The lowest BCUT2D eigenvalue weighted by atomic mass is 9.67. The standard InChI is InChI=1S/C20H22N2O2/c1-11-15(9-23)13-7-19-20-14(12-5-3-4-6-17(12)21-20)8-18(22(19)2)16(13)10-24-11/h3-6,9,13,16,18-19,21H,7-8,10H2,1-2H3/t13-,16+,18-,19-/m0/s1. The Morgan fingerprint density at radius 2 is 2.17 bits per heavy atom. The molecule has 3 aliphatic rings. The van der Waals surface area contributed by atoms with E-state index in [1.807, 2.05) is 6.92 Å². The molecule has 4 nitrogen and oxygen atoms in total. The second-order valence-electron chi connectivity index (χ2n) is 7.46. The van der Waals surface area contributed by atoms with Crippen molar-refractivity contribution in [1.82, 2.24) is 9.88 Å². The Balaban J connectivity index is 1.66. The van der Waals surface area contributed by atoms with Gasteiger partial charge in [-0.05, 0) is 44.4 Å². The van der Waals surface area contributed by atoms with E-state index in [-0.39, 0.29) is 0 Å². The number of ether oxygens (including phenoxy) is 1. The van der Waals surface area contributed by atoms with E-state index in [9.17, 15) is 4.79 Å². The zero-order valence-electron chi connectivity index (χ0n) is 14.1. The van der Waals surface area contributed by atoms with Crippen molar-refractivity contribution in [1.29, 1.82) is 0 Å². The number of aromatic nitrogens is 1. The second kappa shape index (κ2) is 4.96. The molecule has 1 aromatic carbocycles. The fourth-order valence-corrected chi connectivity index (χ4v) is 5.25. The molecule has 124 valence electrons. The van der Waals surface area contributed by atoms with Crippen LogP contribution in [0.15, 0.2) is 35.6 Å². The summed E-state index contributed by atoms with van der Waals surface area (Å²) in [7, 11) is 2.23. The molecule has 2 aromatic rings. The maximum atomic E-state index is 11.7. The van der Waals surface area contributed by atoms with E-state index in [0.29, 0.717) is 23.9 Å². The number of likely N-dealkylation sites (N-methyl/N-ethyl adjacent to an activating group) is 1. The van der Waals surface area contributed by atoms with Gasteiger partial charge in [0.2, 0.25) is 0 Å². The van der Waals surface area contributed by atoms with Crippen LogP contribution in [0.3, 0.4) is 0 Å². The first-order chi connectivity index (χ1) is 11.7. The van der Waals surface area contributed by atoms with Gasteiger partial charge in [0.15, 0.2) is 0 Å². The number of para-hydroxylation sites is 1. The molecule has 3 aliphatic heterocycles. The minimum absolute atomic E-state index is 0.321. The molecule has 4 heterocycles. The number of rotatable bonds is 1. The summed E-state index contributed by atoms with van der Waals surface area (Å²) in [6, 6.07) is 9.38. The number of fused-ring (bicyclic) bond motifs is 8. The van der Waals surface area contributed by atoms with Crippen LogP contribution in [0, 0.1) is 11.8 Å². The summed E-state index contributed by atoms with van der Waals surface area (Å²) in [4.78, 5) is 17.8. The molecular weight excluding hydrogens is 300 g/mol. The lowest BCUT2D eigenvalue weighted by molar-refractivity contribution is -0.107. The molecule has 0 unspecified atom stereocenters. The van der Waals surface area contributed by atoms with Gasteiger partial charge in [-0.3, -0.25) is 9.69 Å². The average molecular weight is 322 g/mol. The molecule has 0 aliphatic carbocycles. The van der Waals surface area contributed by atoms with E-state index in [2.05, 4.69) is 41.2 Å². The van der Waals surface area contributed by atoms with Crippen molar-refractivity contribution in [3.63, 3.8) is 0 Å². The molecule has 0 spiro atoms. The van der Waals surface area contributed by atoms with Crippen LogP contribution < -0.4 is 0 Å².